The number of hydrogen-bond acceptors (Lipinski definition) is 4. The van der Waals surface area contributed by atoms with Gasteiger partial charge in [0.15, 0.2) is 0 Å². The molecular weight excluding hydrogens is 314 g/mol. The number of pyridine rings is 2. The molecule has 0 fully saturated rings. The van der Waals surface area contributed by atoms with Crippen molar-refractivity contribution in [1.29, 1.82) is 0 Å². The zero-order chi connectivity index (χ0) is 17.2. The maximum absolute atomic E-state index is 12.3. The maximum atomic E-state index is 12.3. The van der Waals surface area contributed by atoms with Crippen molar-refractivity contribution in [2.45, 2.75) is 0 Å². The fourth-order valence-corrected chi connectivity index (χ4v) is 2.58. The van der Waals surface area contributed by atoms with Crippen LogP contribution in [0.4, 0.5) is 0 Å². The Morgan fingerprint density at radius 1 is 0.720 bits per heavy atom. The second kappa shape index (κ2) is 6.13. The fourth-order valence-electron chi connectivity index (χ4n) is 2.58. The van der Waals surface area contributed by atoms with E-state index in [1.54, 1.807) is 36.4 Å². The number of amides is 1. The zero-order valence-corrected chi connectivity index (χ0v) is 13.1. The van der Waals surface area contributed by atoms with Gasteiger partial charge in [0.05, 0.1) is 16.7 Å². The summed E-state index contributed by atoms with van der Waals surface area (Å²) in [5.74, 6) is -1.35. The molecule has 2 heterocycles. The number of fused-ring (bicyclic) bond motifs is 2. The molecule has 0 aliphatic heterocycles. The lowest BCUT2D eigenvalue weighted by molar-refractivity contribution is -0.213. The highest BCUT2D eigenvalue weighted by atomic mass is 16.3. The summed E-state index contributed by atoms with van der Waals surface area (Å²) in [4.78, 5) is 24.4. The molecule has 2 aromatic carbocycles. The first-order valence-electron chi connectivity index (χ1n) is 7.73. The van der Waals surface area contributed by atoms with Gasteiger partial charge in [0.2, 0.25) is 0 Å². The van der Waals surface area contributed by atoms with Crippen LogP contribution in [-0.4, -0.2) is 21.8 Å². The second-order valence-electron chi connectivity index (χ2n) is 5.50. The van der Waals surface area contributed by atoms with Crippen LogP contribution in [0.5, 0.6) is 0 Å². The SMILES string of the molecule is O=C(N=C([O-])c1ccc2ccccc2n1)c1ccc2ccccc2n1. The van der Waals surface area contributed by atoms with E-state index < -0.39 is 11.8 Å². The first-order valence-corrected chi connectivity index (χ1v) is 7.73. The van der Waals surface area contributed by atoms with E-state index in [-0.39, 0.29) is 11.4 Å². The van der Waals surface area contributed by atoms with E-state index in [2.05, 4.69) is 15.0 Å². The van der Waals surface area contributed by atoms with Crippen LogP contribution in [0, 0.1) is 0 Å². The van der Waals surface area contributed by atoms with Gasteiger partial charge in [-0.25, -0.2) is 15.0 Å². The Labute approximate surface area is 143 Å². The first kappa shape index (κ1) is 15.0. The highest BCUT2D eigenvalue weighted by molar-refractivity contribution is 6.05. The number of nitrogens with zero attached hydrogens (tertiary/aromatic N) is 3. The van der Waals surface area contributed by atoms with E-state index >= 15 is 0 Å². The van der Waals surface area contributed by atoms with Crippen molar-refractivity contribution in [3.8, 4) is 0 Å². The normalized spacial score (nSPS) is 11.8. The van der Waals surface area contributed by atoms with Crippen molar-refractivity contribution in [2.24, 2.45) is 4.99 Å². The number of aliphatic imine (C=N–C) groups is 1. The molecule has 0 bridgehead atoms. The summed E-state index contributed by atoms with van der Waals surface area (Å²) in [6, 6.07) is 21.6. The third kappa shape index (κ3) is 2.95. The molecule has 0 aliphatic rings. The number of aromatic nitrogens is 2. The Bertz CT molecular complexity index is 1140. The quantitative estimate of drug-likeness (QED) is 0.419. The van der Waals surface area contributed by atoms with Crippen LogP contribution in [0.25, 0.3) is 21.8 Å². The van der Waals surface area contributed by atoms with Crippen molar-refractivity contribution in [3.63, 3.8) is 0 Å². The van der Waals surface area contributed by atoms with Crippen LogP contribution in [0.2, 0.25) is 0 Å². The summed E-state index contributed by atoms with van der Waals surface area (Å²) in [6.07, 6.45) is 0. The molecule has 0 radical (unpaired) electrons. The molecule has 2 aromatic heterocycles. The first-order chi connectivity index (χ1) is 12.2. The molecule has 0 unspecified atom stereocenters. The molecule has 1 amide bonds. The Kier molecular flexibility index (Phi) is 3.67. The smallest absolute Gasteiger partial charge is 0.295 e. The van der Waals surface area contributed by atoms with Crippen LogP contribution in [0.15, 0.2) is 77.8 Å². The van der Waals surface area contributed by atoms with Crippen LogP contribution in [0.1, 0.15) is 16.2 Å². The van der Waals surface area contributed by atoms with Crippen LogP contribution in [0.3, 0.4) is 0 Å². The average molecular weight is 326 g/mol. The van der Waals surface area contributed by atoms with Gasteiger partial charge in [0, 0.05) is 16.7 Å². The summed E-state index contributed by atoms with van der Waals surface area (Å²) >= 11 is 0. The van der Waals surface area contributed by atoms with Gasteiger partial charge in [-0.1, -0.05) is 48.5 Å². The summed E-state index contributed by atoms with van der Waals surface area (Å²) in [5, 5.41) is 14.1. The second-order valence-corrected chi connectivity index (χ2v) is 5.50. The van der Waals surface area contributed by atoms with Gasteiger partial charge in [0.1, 0.15) is 5.69 Å². The largest absolute Gasteiger partial charge is 0.857 e. The van der Waals surface area contributed by atoms with E-state index in [1.807, 2.05) is 36.4 Å². The van der Waals surface area contributed by atoms with Crippen molar-refractivity contribution in [3.05, 3.63) is 84.2 Å². The van der Waals surface area contributed by atoms with Crippen LogP contribution < -0.4 is 5.11 Å². The zero-order valence-electron chi connectivity index (χ0n) is 13.1. The molecule has 4 rings (SSSR count). The van der Waals surface area contributed by atoms with Crippen LogP contribution >= 0.6 is 0 Å². The number of hydrogen-bond donors (Lipinski definition) is 0. The Balaban J connectivity index is 1.68. The molecule has 120 valence electrons. The monoisotopic (exact) mass is 326 g/mol. The molecular formula is C20H12N3O2-. The molecule has 0 saturated carbocycles. The minimum Gasteiger partial charge on any atom is -0.857 e. The summed E-state index contributed by atoms with van der Waals surface area (Å²) in [6.45, 7) is 0. The van der Waals surface area contributed by atoms with E-state index in [1.165, 1.54) is 0 Å². The number of carbonyl (C=O) groups excluding carboxylic acids is 1. The number of carbonyl (C=O) groups is 1. The van der Waals surface area contributed by atoms with Gasteiger partial charge in [-0.3, -0.25) is 4.79 Å². The van der Waals surface area contributed by atoms with Crippen molar-refractivity contribution in [1.82, 2.24) is 9.97 Å². The molecule has 0 saturated heterocycles. The predicted octanol–water partition coefficient (Wildman–Crippen LogP) is 2.73. The molecule has 25 heavy (non-hydrogen) atoms. The lowest BCUT2D eigenvalue weighted by Crippen LogP contribution is -2.22. The minimum absolute atomic E-state index is 0.132. The lowest BCUT2D eigenvalue weighted by Gasteiger charge is -2.10. The summed E-state index contributed by atoms with van der Waals surface area (Å²) in [5.41, 5.74) is 1.63. The topological polar surface area (TPSA) is 78.3 Å². The lowest BCUT2D eigenvalue weighted by atomic mass is 10.2. The van der Waals surface area contributed by atoms with Gasteiger partial charge in [-0.15, -0.1) is 0 Å². The Morgan fingerprint density at radius 3 is 1.88 bits per heavy atom. The molecule has 5 heteroatoms. The van der Waals surface area contributed by atoms with Gasteiger partial charge in [-0.05, 0) is 24.3 Å². The third-order valence-corrected chi connectivity index (χ3v) is 3.84. The van der Waals surface area contributed by atoms with E-state index in [0.29, 0.717) is 11.0 Å². The van der Waals surface area contributed by atoms with Gasteiger partial charge < -0.3 is 5.11 Å². The van der Waals surface area contributed by atoms with E-state index in [0.717, 1.165) is 10.8 Å². The van der Waals surface area contributed by atoms with Crippen molar-refractivity contribution in [2.75, 3.05) is 0 Å². The summed E-state index contributed by atoms with van der Waals surface area (Å²) < 4.78 is 0. The Morgan fingerprint density at radius 2 is 1.24 bits per heavy atom. The van der Waals surface area contributed by atoms with Gasteiger partial charge in [0.25, 0.3) is 5.91 Å². The molecule has 0 aliphatic carbocycles. The predicted molar refractivity (Wildman–Crippen MR) is 94.4 cm³/mol. The highest BCUT2D eigenvalue weighted by Crippen LogP contribution is 2.14. The van der Waals surface area contributed by atoms with E-state index in [4.69, 9.17) is 0 Å². The van der Waals surface area contributed by atoms with E-state index in [9.17, 15) is 9.90 Å². The van der Waals surface area contributed by atoms with Crippen molar-refractivity contribution >= 4 is 33.6 Å². The summed E-state index contributed by atoms with van der Waals surface area (Å²) in [7, 11) is 0. The minimum atomic E-state index is -0.675. The molecule has 0 atom stereocenters. The number of benzene rings is 2. The van der Waals surface area contributed by atoms with Crippen molar-refractivity contribution < 1.29 is 9.90 Å². The maximum Gasteiger partial charge on any atom is 0.295 e. The van der Waals surface area contributed by atoms with Gasteiger partial charge >= 0.3 is 0 Å². The number of rotatable bonds is 2. The third-order valence-electron chi connectivity index (χ3n) is 3.84. The van der Waals surface area contributed by atoms with Gasteiger partial charge in [-0.2, -0.15) is 0 Å². The molecule has 0 N–H and O–H groups in total. The standard InChI is InChI=1S/C20H13N3O2/c24-19(17-11-9-13-5-1-3-7-15(13)21-17)23-20(25)18-12-10-14-6-2-4-8-16(14)22-18/h1-12H,(H,23,24,25)/p-1. The average Bonchev–Trinajstić information content (AvgIpc) is 2.67. The molecule has 0 spiro atoms. The Hall–Kier alpha value is -3.60. The highest BCUT2D eigenvalue weighted by Gasteiger charge is 2.07. The molecule has 4 aromatic rings. The van der Waals surface area contributed by atoms with Crippen LogP contribution in [-0.2, 0) is 0 Å². The fraction of sp³-hybridized carbons (Fsp3) is 0. The number of para-hydroxylation sites is 2. The molecule has 5 nitrogen and oxygen atoms in total.